The molecular weight excluding hydrogens is 685 g/mol. The van der Waals surface area contributed by atoms with Gasteiger partial charge in [-0.3, -0.25) is 9.80 Å². The molecule has 1 unspecified atom stereocenters. The predicted octanol–water partition coefficient (Wildman–Crippen LogP) is 7.54. The van der Waals surface area contributed by atoms with Crippen LogP contribution >= 0.6 is 15.9 Å². The minimum atomic E-state index is -1.31. The van der Waals surface area contributed by atoms with Gasteiger partial charge in [-0.15, -0.1) is 0 Å². The Morgan fingerprint density at radius 3 is 2.31 bits per heavy atom. The van der Waals surface area contributed by atoms with Crippen LogP contribution in [0.2, 0.25) is 0 Å². The van der Waals surface area contributed by atoms with Gasteiger partial charge in [-0.1, -0.05) is 24.3 Å². The molecule has 254 valence electrons. The molecule has 1 N–H and O–H groups in total. The Kier molecular flexibility index (Phi) is 11.4. The van der Waals surface area contributed by atoms with Gasteiger partial charge in [-0.05, 0) is 99.5 Å². The van der Waals surface area contributed by atoms with Gasteiger partial charge in [-0.2, -0.15) is 4.39 Å². The summed E-state index contributed by atoms with van der Waals surface area (Å²) in [7, 11) is 1.56. The van der Waals surface area contributed by atoms with E-state index in [9.17, 15) is 14.7 Å². The molecule has 3 aliphatic heterocycles. The molecule has 0 fully saturated rings. The highest BCUT2D eigenvalue weighted by Gasteiger charge is 2.31. The molecule has 2 aromatic rings. The number of amidine groups is 1. The van der Waals surface area contributed by atoms with Crippen molar-refractivity contribution in [3.05, 3.63) is 101 Å². The van der Waals surface area contributed by atoms with Gasteiger partial charge in [0.2, 0.25) is 5.95 Å². The Morgan fingerprint density at radius 2 is 1.73 bits per heavy atom. The van der Waals surface area contributed by atoms with Crippen molar-refractivity contribution in [3.63, 3.8) is 0 Å². The van der Waals surface area contributed by atoms with Crippen molar-refractivity contribution >= 4 is 44.4 Å². The average molecular weight is 725 g/mol. The number of carbonyl (C=O) groups is 2. The largest absolute Gasteiger partial charge is 0.497 e. The number of ether oxygens (including phenoxy) is 3. The van der Waals surface area contributed by atoms with E-state index < -0.39 is 29.3 Å². The number of aliphatic imine (C=N–C) groups is 2. The number of amides is 2. The van der Waals surface area contributed by atoms with Crippen molar-refractivity contribution in [2.45, 2.75) is 65.4 Å². The van der Waals surface area contributed by atoms with Crippen LogP contribution in [0.15, 0.2) is 94.2 Å². The number of fused-ring (bicyclic) bond motifs is 1. The molecule has 0 saturated heterocycles. The number of carbonyl (C=O) groups excluding carboxylic acids is 2. The third kappa shape index (κ3) is 9.71. The van der Waals surface area contributed by atoms with Gasteiger partial charge in [-0.25, -0.2) is 24.6 Å². The molecule has 0 aliphatic carbocycles. The van der Waals surface area contributed by atoms with Crippen LogP contribution in [0, 0.1) is 5.95 Å². The molecule has 1 aromatic carbocycles. The van der Waals surface area contributed by atoms with Gasteiger partial charge in [0.15, 0.2) is 5.84 Å². The zero-order valence-corrected chi connectivity index (χ0v) is 29.5. The summed E-state index contributed by atoms with van der Waals surface area (Å²) in [6, 6.07) is 10.00. The average Bonchev–Trinajstić information content (AvgIpc) is 3.58. The number of allylic oxidation sites excluding steroid dienone is 3. The van der Waals surface area contributed by atoms with Crippen molar-refractivity contribution in [3.8, 4) is 5.75 Å². The Morgan fingerprint density at radius 1 is 1.04 bits per heavy atom. The van der Waals surface area contributed by atoms with E-state index in [1.165, 1.54) is 28.1 Å². The lowest BCUT2D eigenvalue weighted by Crippen LogP contribution is -2.37. The highest BCUT2D eigenvalue weighted by Crippen LogP contribution is 2.36. The highest BCUT2D eigenvalue weighted by atomic mass is 79.9. The van der Waals surface area contributed by atoms with Crippen molar-refractivity contribution < 1.29 is 33.3 Å². The van der Waals surface area contributed by atoms with E-state index in [-0.39, 0.29) is 24.0 Å². The van der Waals surface area contributed by atoms with E-state index in [2.05, 4.69) is 30.9 Å². The number of pyridine rings is 1. The lowest BCUT2D eigenvalue weighted by molar-refractivity contribution is 0.0349. The van der Waals surface area contributed by atoms with Gasteiger partial charge in [0, 0.05) is 35.7 Å². The van der Waals surface area contributed by atoms with Gasteiger partial charge < -0.3 is 19.3 Å². The number of hydrogen-bond donors (Lipinski definition) is 1. The summed E-state index contributed by atoms with van der Waals surface area (Å²) >= 11 is 3.28. The van der Waals surface area contributed by atoms with Crippen molar-refractivity contribution in [1.82, 2.24) is 9.88 Å². The first-order valence-electron chi connectivity index (χ1n) is 15.1. The first-order valence-corrected chi connectivity index (χ1v) is 15.9. The normalized spacial score (nSPS) is 15.7. The molecule has 11 nitrogen and oxygen atoms in total. The molecule has 1 aromatic heterocycles. The monoisotopic (exact) mass is 723 g/mol. The molecule has 5 rings (SSSR count). The second-order valence-electron chi connectivity index (χ2n) is 12.8. The highest BCUT2D eigenvalue weighted by molar-refractivity contribution is 9.18. The van der Waals surface area contributed by atoms with Crippen LogP contribution in [0.3, 0.4) is 0 Å². The summed E-state index contributed by atoms with van der Waals surface area (Å²) in [6.45, 7) is 11.5. The summed E-state index contributed by atoms with van der Waals surface area (Å²) in [5.41, 5.74) is 0.557. The van der Waals surface area contributed by atoms with E-state index in [1.807, 2.05) is 39.0 Å². The van der Waals surface area contributed by atoms with Crippen LogP contribution in [0.4, 0.5) is 19.8 Å². The number of hydrogen-bond acceptors (Lipinski definition) is 9. The summed E-state index contributed by atoms with van der Waals surface area (Å²) in [4.78, 5) is 39.6. The third-order valence-electron chi connectivity index (χ3n) is 6.64. The number of aliphatic hydroxyl groups excluding tert-OH is 1. The van der Waals surface area contributed by atoms with Crippen LogP contribution in [0.5, 0.6) is 5.75 Å². The molecule has 0 radical (unpaired) electrons. The Balaban J connectivity index is 0.000000336. The van der Waals surface area contributed by atoms with E-state index in [0.717, 1.165) is 5.56 Å². The van der Waals surface area contributed by atoms with Crippen molar-refractivity contribution in [1.29, 1.82) is 0 Å². The third-order valence-corrected chi connectivity index (χ3v) is 7.05. The van der Waals surface area contributed by atoms with Gasteiger partial charge in [0.25, 0.3) is 0 Å². The summed E-state index contributed by atoms with van der Waals surface area (Å²) in [6.07, 6.45) is 8.22. The number of rotatable bonds is 6. The van der Waals surface area contributed by atoms with Crippen LogP contribution in [0.1, 0.15) is 58.8 Å². The number of aromatic nitrogens is 1. The molecule has 13 heteroatoms. The number of nitrogens with zero attached hydrogens (tertiary/aromatic N) is 5. The van der Waals surface area contributed by atoms with Crippen LogP contribution in [-0.4, -0.2) is 62.5 Å². The summed E-state index contributed by atoms with van der Waals surface area (Å²) in [5.74, 6) is 0.257. The predicted molar refractivity (Wildman–Crippen MR) is 186 cm³/mol. The summed E-state index contributed by atoms with van der Waals surface area (Å²) < 4.78 is 31.6. The second kappa shape index (κ2) is 15.1. The first kappa shape index (κ1) is 36.2. The van der Waals surface area contributed by atoms with Gasteiger partial charge >= 0.3 is 12.2 Å². The fourth-order valence-corrected chi connectivity index (χ4v) is 4.85. The molecule has 0 bridgehead atoms. The first-order chi connectivity index (χ1) is 22.5. The summed E-state index contributed by atoms with van der Waals surface area (Å²) in [5, 5.41) is 10.9. The van der Waals surface area contributed by atoms with Crippen LogP contribution < -0.4 is 9.64 Å². The van der Waals surface area contributed by atoms with E-state index in [1.54, 1.807) is 64.4 Å². The van der Waals surface area contributed by atoms with E-state index >= 15 is 4.39 Å². The zero-order valence-electron chi connectivity index (χ0n) is 27.9. The molecule has 0 spiro atoms. The van der Waals surface area contributed by atoms with Gasteiger partial charge in [0.1, 0.15) is 33.5 Å². The quantitative estimate of drug-likeness (QED) is 0.305. The van der Waals surface area contributed by atoms with Crippen molar-refractivity contribution in [2.24, 2.45) is 9.98 Å². The number of halogens is 2. The van der Waals surface area contributed by atoms with E-state index in [4.69, 9.17) is 14.2 Å². The van der Waals surface area contributed by atoms with Crippen molar-refractivity contribution in [2.75, 3.05) is 18.6 Å². The number of aliphatic hydroxyl groups is 1. The van der Waals surface area contributed by atoms with E-state index in [0.29, 0.717) is 33.9 Å². The van der Waals surface area contributed by atoms with Crippen LogP contribution in [-0.2, 0) is 16.0 Å². The van der Waals surface area contributed by atoms with Crippen LogP contribution in [0.25, 0.3) is 0 Å². The Hall–Kier alpha value is -4.62. The Labute approximate surface area is 287 Å². The molecule has 4 heterocycles. The Bertz CT molecular complexity index is 1720. The number of methoxy groups -OCH3 is 1. The standard InChI is InChI=1S/C25H24BrFN4O4.C10H15NO2/c1-25(2,3)35-24(33)31(13-14-5-7-15(34-4)8-6-14)20-10-9-16(22(27)30-20)21(32)18-12-28-23-17(18)11-19(26)29-23;1-10(2,3)13-9(12)11-7-5-4-6-8-11/h5-12,21,32H,13H2,1-4H3;4-7H,8H2,1-3H3. The smallest absolute Gasteiger partial charge is 0.416 e. The molecular formula is C35H39BrFN5O6. The van der Waals surface area contributed by atoms with Gasteiger partial charge in [0.05, 0.1) is 13.7 Å². The lowest BCUT2D eigenvalue weighted by atomic mass is 9.97. The second-order valence-corrected chi connectivity index (χ2v) is 13.6. The zero-order chi connectivity index (χ0) is 35.2. The molecule has 3 aliphatic rings. The molecule has 1 atom stereocenters. The topological polar surface area (TPSA) is 126 Å². The molecule has 0 saturated carbocycles. The molecule has 48 heavy (non-hydrogen) atoms. The lowest BCUT2D eigenvalue weighted by Gasteiger charge is -2.27. The minimum Gasteiger partial charge on any atom is -0.497 e. The maximum atomic E-state index is 15.2. The maximum Gasteiger partial charge on any atom is 0.416 e. The number of anilines is 1. The SMILES string of the molecule is CC(C)(C)OC(=O)N1C=CC=CC1.COc1ccc(CN(C(=O)OC(C)(C)C)c2ccc(C(O)C3=CN=C4N=C(Br)C=C34)c(F)n2)cc1. The molecule has 2 amide bonds. The minimum absolute atomic E-state index is 0.0473. The fraction of sp³-hybridized carbons (Fsp3) is 0.343. The number of benzene rings is 1. The fourth-order valence-electron chi connectivity index (χ4n) is 4.46. The maximum absolute atomic E-state index is 15.2.